The van der Waals surface area contributed by atoms with Crippen molar-refractivity contribution in [3.05, 3.63) is 60.7 Å². The maximum atomic E-state index is 13.3. The van der Waals surface area contributed by atoms with Crippen molar-refractivity contribution in [2.24, 2.45) is 0 Å². The number of benzene rings is 2. The van der Waals surface area contributed by atoms with Crippen LogP contribution in [0, 0.1) is 0 Å². The third-order valence-electron chi connectivity index (χ3n) is 6.23. The molecule has 1 saturated heterocycles. The predicted molar refractivity (Wildman–Crippen MR) is 134 cm³/mol. The molecule has 8 nitrogen and oxygen atoms in total. The van der Waals surface area contributed by atoms with E-state index in [1.54, 1.807) is 13.2 Å². The van der Waals surface area contributed by atoms with E-state index in [-0.39, 0.29) is 11.9 Å². The van der Waals surface area contributed by atoms with Gasteiger partial charge in [-0.1, -0.05) is 23.9 Å². The first-order chi connectivity index (χ1) is 17.2. The fraction of sp³-hybridized carbons (Fsp3) is 0.346. The SMILES string of the molecule is C=CCn1c(SCC(=O)N2CCC[C@H]2c2ccc3c(c2)OCCO3)nnc1-c1ccc(OC)cc1. The van der Waals surface area contributed by atoms with Gasteiger partial charge in [-0.2, -0.15) is 0 Å². The Labute approximate surface area is 208 Å². The minimum absolute atomic E-state index is 0.0415. The summed E-state index contributed by atoms with van der Waals surface area (Å²) >= 11 is 1.41. The maximum absolute atomic E-state index is 13.3. The second-order valence-electron chi connectivity index (χ2n) is 8.37. The minimum atomic E-state index is 0.0415. The third kappa shape index (κ3) is 4.86. The first kappa shape index (κ1) is 23.3. The molecule has 1 aromatic heterocycles. The molecule has 0 unspecified atom stereocenters. The molecule has 2 aliphatic rings. The summed E-state index contributed by atoms with van der Waals surface area (Å²) in [6.07, 6.45) is 3.72. The number of carbonyl (C=O) groups is 1. The smallest absolute Gasteiger partial charge is 0.233 e. The molecule has 0 N–H and O–H groups in total. The lowest BCUT2D eigenvalue weighted by molar-refractivity contribution is -0.129. The molecule has 0 aliphatic carbocycles. The average molecular weight is 493 g/mol. The first-order valence-corrected chi connectivity index (χ1v) is 12.7. The maximum Gasteiger partial charge on any atom is 0.233 e. The van der Waals surface area contributed by atoms with Crippen LogP contribution in [0.15, 0.2) is 60.3 Å². The average Bonchev–Trinajstić information content (AvgIpc) is 3.55. The normalized spacial score (nSPS) is 16.8. The van der Waals surface area contributed by atoms with Gasteiger partial charge in [0.15, 0.2) is 22.5 Å². The van der Waals surface area contributed by atoms with Gasteiger partial charge in [-0.25, -0.2) is 0 Å². The zero-order chi connectivity index (χ0) is 24.2. The van der Waals surface area contributed by atoms with E-state index in [1.807, 2.05) is 51.9 Å². The molecular weight excluding hydrogens is 464 g/mol. The van der Waals surface area contributed by atoms with Crippen LogP contribution in [0.1, 0.15) is 24.4 Å². The summed E-state index contributed by atoms with van der Waals surface area (Å²) in [6, 6.07) is 13.7. The van der Waals surface area contributed by atoms with Gasteiger partial charge in [-0.15, -0.1) is 16.8 Å². The summed E-state index contributed by atoms with van der Waals surface area (Å²) in [5.74, 6) is 3.41. The van der Waals surface area contributed by atoms with Gasteiger partial charge in [0.25, 0.3) is 0 Å². The van der Waals surface area contributed by atoms with Crippen LogP contribution in [0.25, 0.3) is 11.4 Å². The number of ether oxygens (including phenoxy) is 3. The van der Waals surface area contributed by atoms with Gasteiger partial charge in [0.2, 0.25) is 5.91 Å². The molecule has 0 saturated carbocycles. The Morgan fingerprint density at radius 1 is 1.17 bits per heavy atom. The highest BCUT2D eigenvalue weighted by atomic mass is 32.2. The van der Waals surface area contributed by atoms with E-state index in [0.717, 1.165) is 53.6 Å². The van der Waals surface area contributed by atoms with Crippen LogP contribution >= 0.6 is 11.8 Å². The van der Waals surface area contributed by atoms with E-state index in [4.69, 9.17) is 14.2 Å². The second-order valence-corrected chi connectivity index (χ2v) is 9.31. The van der Waals surface area contributed by atoms with Crippen LogP contribution < -0.4 is 14.2 Å². The molecular formula is C26H28N4O4S. The van der Waals surface area contributed by atoms with E-state index < -0.39 is 0 Å². The number of methoxy groups -OCH3 is 1. The summed E-state index contributed by atoms with van der Waals surface area (Å²) in [5.41, 5.74) is 2.01. The van der Waals surface area contributed by atoms with Crippen LogP contribution in [-0.2, 0) is 11.3 Å². The molecule has 1 atom stereocenters. The van der Waals surface area contributed by atoms with Gasteiger partial charge in [0, 0.05) is 18.7 Å². The highest BCUT2D eigenvalue weighted by Crippen LogP contribution is 2.38. The van der Waals surface area contributed by atoms with Crippen molar-refractivity contribution in [1.29, 1.82) is 0 Å². The number of allylic oxidation sites excluding steroid dienone is 1. The monoisotopic (exact) mass is 492 g/mol. The van der Waals surface area contributed by atoms with Gasteiger partial charge in [-0.3, -0.25) is 9.36 Å². The summed E-state index contributed by atoms with van der Waals surface area (Å²) < 4.78 is 18.6. The van der Waals surface area contributed by atoms with Crippen molar-refractivity contribution in [1.82, 2.24) is 19.7 Å². The van der Waals surface area contributed by atoms with Crippen LogP contribution in [0.3, 0.4) is 0 Å². The van der Waals surface area contributed by atoms with Gasteiger partial charge in [-0.05, 0) is 54.8 Å². The number of nitrogens with zero attached hydrogens (tertiary/aromatic N) is 4. The number of amides is 1. The first-order valence-electron chi connectivity index (χ1n) is 11.7. The summed E-state index contributed by atoms with van der Waals surface area (Å²) in [4.78, 5) is 15.2. The zero-order valence-corrected chi connectivity index (χ0v) is 20.5. The van der Waals surface area contributed by atoms with Crippen molar-refractivity contribution in [2.45, 2.75) is 30.6 Å². The molecule has 1 amide bonds. The highest BCUT2D eigenvalue weighted by molar-refractivity contribution is 7.99. The van der Waals surface area contributed by atoms with Crippen molar-refractivity contribution in [2.75, 3.05) is 32.6 Å². The van der Waals surface area contributed by atoms with Crippen molar-refractivity contribution < 1.29 is 19.0 Å². The fourth-order valence-corrected chi connectivity index (χ4v) is 5.36. The van der Waals surface area contributed by atoms with Gasteiger partial charge >= 0.3 is 0 Å². The molecule has 2 aliphatic heterocycles. The predicted octanol–water partition coefficient (Wildman–Crippen LogP) is 4.37. The lowest BCUT2D eigenvalue weighted by Crippen LogP contribution is -2.32. The summed E-state index contributed by atoms with van der Waals surface area (Å²) in [7, 11) is 1.64. The summed E-state index contributed by atoms with van der Waals surface area (Å²) in [5, 5.41) is 9.46. The van der Waals surface area contributed by atoms with Crippen LogP contribution in [0.2, 0.25) is 0 Å². The van der Waals surface area contributed by atoms with Crippen molar-refractivity contribution in [3.63, 3.8) is 0 Å². The van der Waals surface area contributed by atoms with Crippen molar-refractivity contribution in [3.8, 4) is 28.6 Å². The van der Waals surface area contributed by atoms with Gasteiger partial charge in [0.1, 0.15) is 19.0 Å². The van der Waals surface area contributed by atoms with Gasteiger partial charge in [0.05, 0.1) is 18.9 Å². The molecule has 5 rings (SSSR count). The number of carbonyl (C=O) groups excluding carboxylic acids is 1. The molecule has 182 valence electrons. The molecule has 0 radical (unpaired) electrons. The number of thioether (sulfide) groups is 1. The number of aromatic nitrogens is 3. The quantitative estimate of drug-likeness (QED) is 0.341. The van der Waals surface area contributed by atoms with E-state index >= 15 is 0 Å². The number of fused-ring (bicyclic) bond motifs is 1. The Hall–Kier alpha value is -3.46. The Morgan fingerprint density at radius 2 is 1.97 bits per heavy atom. The largest absolute Gasteiger partial charge is 0.497 e. The van der Waals surface area contributed by atoms with Crippen LogP contribution in [0.4, 0.5) is 0 Å². The number of likely N-dealkylation sites (tertiary alicyclic amines) is 1. The molecule has 0 spiro atoms. The molecule has 1 fully saturated rings. The Kier molecular flexibility index (Phi) is 6.94. The molecule has 9 heteroatoms. The lowest BCUT2D eigenvalue weighted by atomic mass is 10.0. The molecule has 0 bridgehead atoms. The second kappa shape index (κ2) is 10.4. The zero-order valence-electron chi connectivity index (χ0n) is 19.7. The standard InChI is InChI=1S/C26H28N4O4S/c1-3-12-30-25(18-6-9-20(32-2)10-7-18)27-28-26(30)35-17-24(31)29-13-4-5-21(29)19-8-11-22-23(16-19)34-15-14-33-22/h3,6-11,16,21H,1,4-5,12-15,17H2,2H3/t21-/m0/s1. The van der Waals surface area contributed by atoms with E-state index in [9.17, 15) is 4.79 Å². The molecule has 3 heterocycles. The lowest BCUT2D eigenvalue weighted by Gasteiger charge is -2.26. The summed E-state index contributed by atoms with van der Waals surface area (Å²) in [6.45, 7) is 6.28. The Morgan fingerprint density at radius 3 is 2.74 bits per heavy atom. The molecule has 3 aromatic rings. The van der Waals surface area contributed by atoms with Gasteiger partial charge < -0.3 is 19.1 Å². The minimum Gasteiger partial charge on any atom is -0.497 e. The Balaban J connectivity index is 1.29. The van der Waals surface area contributed by atoms with Crippen molar-refractivity contribution >= 4 is 17.7 Å². The molecule has 35 heavy (non-hydrogen) atoms. The highest BCUT2D eigenvalue weighted by Gasteiger charge is 2.31. The fourth-order valence-electron chi connectivity index (χ4n) is 4.53. The van der Waals surface area contributed by atoms with Crippen LogP contribution in [-0.4, -0.2) is 58.2 Å². The van der Waals surface area contributed by atoms with E-state index in [1.165, 1.54) is 11.8 Å². The molecule has 2 aromatic carbocycles. The van der Waals surface area contributed by atoms with Crippen LogP contribution in [0.5, 0.6) is 17.2 Å². The van der Waals surface area contributed by atoms with E-state index in [2.05, 4.69) is 16.8 Å². The third-order valence-corrected chi connectivity index (χ3v) is 7.18. The van der Waals surface area contributed by atoms with E-state index in [0.29, 0.717) is 30.7 Å². The number of hydrogen-bond acceptors (Lipinski definition) is 7. The topological polar surface area (TPSA) is 78.7 Å². The number of hydrogen-bond donors (Lipinski definition) is 0. The Bertz CT molecular complexity index is 1210. The number of rotatable bonds is 8.